The van der Waals surface area contributed by atoms with Gasteiger partial charge in [-0.2, -0.15) is 5.10 Å². The lowest BCUT2D eigenvalue weighted by molar-refractivity contribution is -0.119. The molecule has 23 heavy (non-hydrogen) atoms. The minimum Gasteiger partial charge on any atom is -0.431 e. The maximum Gasteiger partial charge on any atom is 0.257 e. The highest BCUT2D eigenvalue weighted by Gasteiger charge is 2.32. The first-order valence-corrected chi connectivity index (χ1v) is 8.42. The van der Waals surface area contributed by atoms with Gasteiger partial charge in [-0.05, 0) is 25.0 Å². The molecule has 6 nitrogen and oxygen atoms in total. The first kappa shape index (κ1) is 14.3. The molecule has 3 aromatic rings. The lowest BCUT2D eigenvalue weighted by Crippen LogP contribution is -2.43. The van der Waals surface area contributed by atoms with Crippen LogP contribution >= 0.6 is 11.8 Å². The van der Waals surface area contributed by atoms with Crippen LogP contribution in [0.5, 0.6) is 0 Å². The number of fused-ring (bicyclic) bond motifs is 1. The molecule has 1 aliphatic heterocycles. The van der Waals surface area contributed by atoms with Crippen molar-refractivity contribution in [3.8, 4) is 0 Å². The van der Waals surface area contributed by atoms with Gasteiger partial charge in [0, 0.05) is 25.9 Å². The normalized spacial score (nSPS) is 18.7. The summed E-state index contributed by atoms with van der Waals surface area (Å²) >= 11 is 1.40. The highest BCUT2D eigenvalue weighted by molar-refractivity contribution is 8.00. The molecule has 0 aliphatic carbocycles. The van der Waals surface area contributed by atoms with Gasteiger partial charge in [0.1, 0.15) is 5.52 Å². The Morgan fingerprint density at radius 1 is 1.30 bits per heavy atom. The number of carbonyl (C=O) groups is 1. The summed E-state index contributed by atoms with van der Waals surface area (Å²) in [4.78, 5) is 18.9. The summed E-state index contributed by atoms with van der Waals surface area (Å²) in [6.45, 7) is 0.709. The van der Waals surface area contributed by atoms with E-state index in [1.54, 1.807) is 9.58 Å². The van der Waals surface area contributed by atoms with Gasteiger partial charge in [-0.3, -0.25) is 14.4 Å². The second kappa shape index (κ2) is 5.73. The standard InChI is InChI=1S/C16H16N4O2S/c1-19-10-8-14(18-19)20-9-4-7-13(15(20)21)23-16-17-11-5-2-3-6-12(11)22-16/h2-3,5-6,8,10,13H,4,7,9H2,1H3/t13-/m1/s1. The predicted octanol–water partition coefficient (Wildman–Crippen LogP) is 2.85. The molecule has 1 aromatic carbocycles. The number of hydrogen-bond donors (Lipinski definition) is 0. The molecule has 3 heterocycles. The topological polar surface area (TPSA) is 64.2 Å². The molecule has 0 bridgehead atoms. The van der Waals surface area contributed by atoms with E-state index in [0.717, 1.165) is 23.9 Å². The van der Waals surface area contributed by atoms with Crippen molar-refractivity contribution in [3.63, 3.8) is 0 Å². The number of benzene rings is 1. The Labute approximate surface area is 137 Å². The molecule has 0 saturated carbocycles. The minimum atomic E-state index is -0.182. The summed E-state index contributed by atoms with van der Waals surface area (Å²) in [5, 5.41) is 4.70. The zero-order chi connectivity index (χ0) is 15.8. The van der Waals surface area contributed by atoms with E-state index in [1.165, 1.54) is 11.8 Å². The van der Waals surface area contributed by atoms with Crippen molar-refractivity contribution in [1.82, 2.24) is 14.8 Å². The number of rotatable bonds is 3. The van der Waals surface area contributed by atoms with Crippen LogP contribution in [0.4, 0.5) is 5.82 Å². The smallest absolute Gasteiger partial charge is 0.257 e. The van der Waals surface area contributed by atoms with E-state index < -0.39 is 0 Å². The lowest BCUT2D eigenvalue weighted by Gasteiger charge is -2.29. The van der Waals surface area contributed by atoms with Gasteiger partial charge < -0.3 is 4.42 Å². The van der Waals surface area contributed by atoms with Gasteiger partial charge in [0.25, 0.3) is 5.22 Å². The maximum atomic E-state index is 12.7. The second-order valence-corrected chi connectivity index (χ2v) is 6.69. The number of piperidine rings is 1. The van der Waals surface area contributed by atoms with Gasteiger partial charge in [0.15, 0.2) is 11.4 Å². The molecule has 1 saturated heterocycles. The summed E-state index contributed by atoms with van der Waals surface area (Å²) in [6, 6.07) is 9.50. The first-order valence-electron chi connectivity index (χ1n) is 7.54. The van der Waals surface area contributed by atoms with Gasteiger partial charge in [-0.15, -0.1) is 0 Å². The summed E-state index contributed by atoms with van der Waals surface area (Å²) in [5.74, 6) is 0.780. The van der Waals surface area contributed by atoms with Crippen molar-refractivity contribution in [1.29, 1.82) is 0 Å². The molecular formula is C16H16N4O2S. The molecular weight excluding hydrogens is 312 g/mol. The van der Waals surface area contributed by atoms with E-state index in [2.05, 4.69) is 10.1 Å². The van der Waals surface area contributed by atoms with Crippen molar-refractivity contribution in [2.24, 2.45) is 7.05 Å². The molecule has 0 radical (unpaired) electrons. The molecule has 0 unspecified atom stereocenters. The van der Waals surface area contributed by atoms with Crippen LogP contribution in [0.15, 0.2) is 46.2 Å². The third-order valence-electron chi connectivity index (χ3n) is 3.88. The fourth-order valence-corrected chi connectivity index (χ4v) is 3.79. The molecule has 0 spiro atoms. The number of aromatic nitrogens is 3. The molecule has 1 aliphatic rings. The largest absolute Gasteiger partial charge is 0.431 e. The number of thioether (sulfide) groups is 1. The molecule has 1 atom stereocenters. The number of para-hydroxylation sites is 2. The predicted molar refractivity (Wildman–Crippen MR) is 88.4 cm³/mol. The number of anilines is 1. The number of amides is 1. The number of nitrogens with zero attached hydrogens (tertiary/aromatic N) is 4. The average molecular weight is 328 g/mol. The van der Waals surface area contributed by atoms with Crippen LogP contribution in [0.3, 0.4) is 0 Å². The van der Waals surface area contributed by atoms with E-state index in [4.69, 9.17) is 4.42 Å². The molecule has 0 N–H and O–H groups in total. The van der Waals surface area contributed by atoms with Crippen molar-refractivity contribution in [2.75, 3.05) is 11.4 Å². The first-order chi connectivity index (χ1) is 11.2. The van der Waals surface area contributed by atoms with Crippen molar-refractivity contribution < 1.29 is 9.21 Å². The second-order valence-electron chi connectivity index (χ2n) is 5.53. The van der Waals surface area contributed by atoms with Crippen LogP contribution in [0.25, 0.3) is 11.1 Å². The monoisotopic (exact) mass is 328 g/mol. The van der Waals surface area contributed by atoms with Crippen LogP contribution in [0.1, 0.15) is 12.8 Å². The van der Waals surface area contributed by atoms with Crippen LogP contribution in [-0.2, 0) is 11.8 Å². The average Bonchev–Trinajstić information content (AvgIpc) is 3.15. The Balaban J connectivity index is 1.55. The van der Waals surface area contributed by atoms with E-state index in [0.29, 0.717) is 17.6 Å². The third kappa shape index (κ3) is 2.72. The van der Waals surface area contributed by atoms with E-state index in [-0.39, 0.29) is 11.2 Å². The molecule has 118 valence electrons. The van der Waals surface area contributed by atoms with Crippen molar-refractivity contribution in [3.05, 3.63) is 36.5 Å². The van der Waals surface area contributed by atoms with Crippen LogP contribution < -0.4 is 4.90 Å². The van der Waals surface area contributed by atoms with Gasteiger partial charge in [-0.25, -0.2) is 4.98 Å². The molecule has 1 fully saturated rings. The summed E-state index contributed by atoms with van der Waals surface area (Å²) in [6.07, 6.45) is 3.62. The lowest BCUT2D eigenvalue weighted by atomic mass is 10.1. The van der Waals surface area contributed by atoms with E-state index in [9.17, 15) is 4.79 Å². The number of oxazole rings is 1. The van der Waals surface area contributed by atoms with Gasteiger partial charge in [-0.1, -0.05) is 23.9 Å². The third-order valence-corrected chi connectivity index (χ3v) is 4.98. The summed E-state index contributed by atoms with van der Waals surface area (Å²) in [7, 11) is 1.85. The van der Waals surface area contributed by atoms with E-state index in [1.807, 2.05) is 43.6 Å². The highest BCUT2D eigenvalue weighted by Crippen LogP contribution is 2.33. The van der Waals surface area contributed by atoms with Gasteiger partial charge in [0.05, 0.1) is 5.25 Å². The van der Waals surface area contributed by atoms with Crippen LogP contribution in [0.2, 0.25) is 0 Å². The fourth-order valence-electron chi connectivity index (χ4n) is 2.75. The number of carbonyl (C=O) groups excluding carboxylic acids is 1. The SMILES string of the molecule is Cn1ccc(N2CCC[C@@H](Sc3nc4ccccc4o3)C2=O)n1. The Morgan fingerprint density at radius 3 is 2.96 bits per heavy atom. The van der Waals surface area contributed by atoms with Crippen molar-refractivity contribution >= 4 is 34.6 Å². The molecule has 2 aromatic heterocycles. The van der Waals surface area contributed by atoms with Gasteiger partial charge in [0.2, 0.25) is 5.91 Å². The van der Waals surface area contributed by atoms with Crippen LogP contribution in [-0.4, -0.2) is 32.5 Å². The number of hydrogen-bond acceptors (Lipinski definition) is 5. The Morgan fingerprint density at radius 2 is 2.17 bits per heavy atom. The molecule has 7 heteroatoms. The quantitative estimate of drug-likeness (QED) is 0.740. The highest BCUT2D eigenvalue weighted by atomic mass is 32.2. The Hall–Kier alpha value is -2.28. The maximum absolute atomic E-state index is 12.7. The Kier molecular flexibility index (Phi) is 3.57. The zero-order valence-electron chi connectivity index (χ0n) is 12.7. The summed E-state index contributed by atoms with van der Waals surface area (Å²) in [5.41, 5.74) is 1.57. The van der Waals surface area contributed by atoms with Crippen molar-refractivity contribution in [2.45, 2.75) is 23.3 Å². The minimum absolute atomic E-state index is 0.0715. The summed E-state index contributed by atoms with van der Waals surface area (Å²) < 4.78 is 7.43. The molecule has 1 amide bonds. The Bertz CT molecular complexity index is 824. The fraction of sp³-hybridized carbons (Fsp3) is 0.312. The zero-order valence-corrected chi connectivity index (χ0v) is 13.5. The van der Waals surface area contributed by atoms with Gasteiger partial charge >= 0.3 is 0 Å². The van der Waals surface area contributed by atoms with E-state index >= 15 is 0 Å². The molecule has 4 rings (SSSR count). The number of aryl methyl sites for hydroxylation is 1. The van der Waals surface area contributed by atoms with Crippen LogP contribution in [0, 0.1) is 0 Å².